The van der Waals surface area contributed by atoms with Crippen LogP contribution in [0.4, 0.5) is 0 Å². The van der Waals surface area contributed by atoms with E-state index in [4.69, 9.17) is 0 Å². The van der Waals surface area contributed by atoms with Crippen molar-refractivity contribution in [3.8, 4) is 0 Å². The van der Waals surface area contributed by atoms with Crippen LogP contribution in [0.15, 0.2) is 12.4 Å². The molecule has 1 saturated carbocycles. The molecule has 5 heteroatoms. The summed E-state index contributed by atoms with van der Waals surface area (Å²) in [5, 5.41) is 10.6. The van der Waals surface area contributed by atoms with E-state index in [0.717, 1.165) is 31.8 Å². The van der Waals surface area contributed by atoms with Crippen LogP contribution in [0.25, 0.3) is 0 Å². The molecule has 1 aliphatic heterocycles. The van der Waals surface area contributed by atoms with Crippen LogP contribution in [0.1, 0.15) is 64.3 Å². The molecule has 1 aromatic heterocycles. The lowest BCUT2D eigenvalue weighted by Crippen LogP contribution is -2.48. The molecule has 2 heterocycles. The van der Waals surface area contributed by atoms with Crippen molar-refractivity contribution in [1.29, 1.82) is 0 Å². The molecule has 5 nitrogen and oxygen atoms in total. The van der Waals surface area contributed by atoms with Gasteiger partial charge in [0.2, 0.25) is 5.91 Å². The smallest absolute Gasteiger partial charge is 0.228 e. The Morgan fingerprint density at radius 3 is 2.42 bits per heavy atom. The van der Waals surface area contributed by atoms with Crippen molar-refractivity contribution in [3.63, 3.8) is 0 Å². The number of imidazole rings is 1. The maximum Gasteiger partial charge on any atom is 0.228 e. The van der Waals surface area contributed by atoms with E-state index in [1.807, 2.05) is 22.7 Å². The average molecular weight is 333 g/mol. The zero-order chi connectivity index (χ0) is 17.3. The van der Waals surface area contributed by atoms with Crippen LogP contribution in [0.5, 0.6) is 0 Å². The largest absolute Gasteiger partial charge is 0.385 e. The minimum Gasteiger partial charge on any atom is -0.385 e. The molecule has 24 heavy (non-hydrogen) atoms. The number of piperidine rings is 1. The molecule has 1 unspecified atom stereocenters. The van der Waals surface area contributed by atoms with Crippen molar-refractivity contribution in [1.82, 2.24) is 14.5 Å². The van der Waals surface area contributed by atoms with Crippen LogP contribution in [-0.4, -0.2) is 38.6 Å². The van der Waals surface area contributed by atoms with Gasteiger partial charge in [-0.1, -0.05) is 26.7 Å². The van der Waals surface area contributed by atoms with Crippen LogP contribution in [0.2, 0.25) is 0 Å². The quantitative estimate of drug-likeness (QED) is 0.922. The Labute approximate surface area is 145 Å². The summed E-state index contributed by atoms with van der Waals surface area (Å²) in [5.74, 6) is 1.75. The first kappa shape index (κ1) is 17.5. The predicted molar refractivity (Wildman–Crippen MR) is 93.2 cm³/mol. The highest BCUT2D eigenvalue weighted by Crippen LogP contribution is 2.41. The van der Waals surface area contributed by atoms with Gasteiger partial charge in [-0.25, -0.2) is 4.98 Å². The highest BCUT2D eigenvalue weighted by molar-refractivity contribution is 5.82. The maximum absolute atomic E-state index is 13.0. The second kappa shape index (κ2) is 6.87. The topological polar surface area (TPSA) is 58.4 Å². The Hall–Kier alpha value is -1.36. The highest BCUT2D eigenvalue weighted by Gasteiger charge is 2.41. The SMILES string of the molecule is Cn1ccnc1C(O)C1CCN(C(=O)C(C)(C)C2CCCC2)CC1. The number of nitrogens with zero attached hydrogens (tertiary/aromatic N) is 3. The van der Waals surface area contributed by atoms with E-state index in [2.05, 4.69) is 18.8 Å². The number of amides is 1. The molecule has 1 amide bonds. The fraction of sp³-hybridized carbons (Fsp3) is 0.789. The second-order valence-electron chi connectivity index (χ2n) is 8.17. The van der Waals surface area contributed by atoms with Crippen LogP contribution in [-0.2, 0) is 11.8 Å². The first-order valence-electron chi connectivity index (χ1n) is 9.36. The molecular weight excluding hydrogens is 302 g/mol. The summed E-state index contributed by atoms with van der Waals surface area (Å²) in [4.78, 5) is 19.3. The zero-order valence-electron chi connectivity index (χ0n) is 15.2. The Bertz CT molecular complexity index is 567. The zero-order valence-corrected chi connectivity index (χ0v) is 15.2. The Morgan fingerprint density at radius 2 is 1.88 bits per heavy atom. The van der Waals surface area contributed by atoms with E-state index < -0.39 is 6.10 Å². The van der Waals surface area contributed by atoms with Crippen LogP contribution < -0.4 is 0 Å². The lowest BCUT2D eigenvalue weighted by molar-refractivity contribution is -0.145. The number of aromatic nitrogens is 2. The van der Waals surface area contributed by atoms with Gasteiger partial charge >= 0.3 is 0 Å². The van der Waals surface area contributed by atoms with Crippen LogP contribution in [0.3, 0.4) is 0 Å². The number of hydrogen-bond acceptors (Lipinski definition) is 3. The first-order valence-corrected chi connectivity index (χ1v) is 9.36. The van der Waals surface area contributed by atoms with Crippen LogP contribution >= 0.6 is 0 Å². The summed E-state index contributed by atoms with van der Waals surface area (Å²) >= 11 is 0. The van der Waals surface area contributed by atoms with E-state index in [0.29, 0.717) is 11.8 Å². The molecule has 0 radical (unpaired) electrons. The van der Waals surface area contributed by atoms with Gasteiger partial charge in [0.15, 0.2) is 0 Å². The second-order valence-corrected chi connectivity index (χ2v) is 8.17. The monoisotopic (exact) mass is 333 g/mol. The first-order chi connectivity index (χ1) is 11.4. The molecule has 1 saturated heterocycles. The Balaban J connectivity index is 1.58. The summed E-state index contributed by atoms with van der Waals surface area (Å²) in [6.07, 6.45) is 9.65. The molecule has 3 rings (SSSR count). The van der Waals surface area contributed by atoms with E-state index in [1.54, 1.807) is 6.20 Å². The number of carbonyl (C=O) groups is 1. The third-order valence-electron chi connectivity index (χ3n) is 6.32. The van der Waals surface area contributed by atoms with Crippen molar-refractivity contribution in [2.45, 2.75) is 58.5 Å². The van der Waals surface area contributed by atoms with Crippen molar-refractivity contribution in [3.05, 3.63) is 18.2 Å². The maximum atomic E-state index is 13.0. The summed E-state index contributed by atoms with van der Waals surface area (Å²) in [6, 6.07) is 0. The van der Waals surface area contributed by atoms with Gasteiger partial charge in [-0.2, -0.15) is 0 Å². The van der Waals surface area contributed by atoms with Crippen LogP contribution in [0, 0.1) is 17.3 Å². The van der Waals surface area contributed by atoms with E-state index in [-0.39, 0.29) is 11.3 Å². The van der Waals surface area contributed by atoms with E-state index in [9.17, 15) is 9.90 Å². The lowest BCUT2D eigenvalue weighted by Gasteiger charge is -2.40. The fourth-order valence-electron chi connectivity index (χ4n) is 4.52. The van der Waals surface area contributed by atoms with Gasteiger partial charge in [0.1, 0.15) is 11.9 Å². The number of aliphatic hydroxyl groups is 1. The number of rotatable bonds is 4. The molecule has 1 aliphatic carbocycles. The summed E-state index contributed by atoms with van der Waals surface area (Å²) in [5.41, 5.74) is -0.248. The molecular formula is C19H31N3O2. The standard InChI is InChI=1S/C19H31N3O2/c1-19(2,15-6-4-5-7-15)18(24)22-11-8-14(9-12-22)16(23)17-20-10-13-21(17)3/h10,13-16,23H,4-9,11-12H2,1-3H3. The third-order valence-corrected chi connectivity index (χ3v) is 6.32. The molecule has 1 aromatic rings. The number of likely N-dealkylation sites (tertiary alicyclic amines) is 1. The molecule has 1 N–H and O–H groups in total. The van der Waals surface area contributed by atoms with Gasteiger partial charge in [0, 0.05) is 37.9 Å². The molecule has 1 atom stereocenters. The van der Waals surface area contributed by atoms with E-state index in [1.165, 1.54) is 25.7 Å². The van der Waals surface area contributed by atoms with Crippen molar-refractivity contribution in [2.75, 3.05) is 13.1 Å². The summed E-state index contributed by atoms with van der Waals surface area (Å²) < 4.78 is 1.88. The van der Waals surface area contributed by atoms with Gasteiger partial charge in [-0.3, -0.25) is 4.79 Å². The molecule has 0 bridgehead atoms. The third kappa shape index (κ3) is 3.23. The highest BCUT2D eigenvalue weighted by atomic mass is 16.3. The van der Waals surface area contributed by atoms with Crippen molar-refractivity contribution in [2.24, 2.45) is 24.3 Å². The van der Waals surface area contributed by atoms with Gasteiger partial charge in [-0.05, 0) is 37.5 Å². The fourth-order valence-corrected chi connectivity index (χ4v) is 4.52. The van der Waals surface area contributed by atoms with Gasteiger partial charge in [0.05, 0.1) is 0 Å². The average Bonchev–Trinajstić information content (AvgIpc) is 3.25. The van der Waals surface area contributed by atoms with Gasteiger partial charge < -0.3 is 14.6 Å². The molecule has 0 aromatic carbocycles. The lowest BCUT2D eigenvalue weighted by atomic mass is 9.76. The predicted octanol–water partition coefficient (Wildman–Crippen LogP) is 2.91. The van der Waals surface area contributed by atoms with Gasteiger partial charge in [0.25, 0.3) is 0 Å². The minimum atomic E-state index is -0.537. The van der Waals surface area contributed by atoms with Crippen molar-refractivity contribution >= 4 is 5.91 Å². The normalized spacial score (nSPS) is 22.1. The molecule has 134 valence electrons. The Morgan fingerprint density at radius 1 is 1.25 bits per heavy atom. The Kier molecular flexibility index (Phi) is 5.00. The summed E-state index contributed by atoms with van der Waals surface area (Å²) in [7, 11) is 1.91. The van der Waals surface area contributed by atoms with Crippen molar-refractivity contribution < 1.29 is 9.90 Å². The number of aryl methyl sites for hydroxylation is 1. The molecule has 2 fully saturated rings. The minimum absolute atomic E-state index is 0.185. The van der Waals surface area contributed by atoms with Gasteiger partial charge in [-0.15, -0.1) is 0 Å². The number of hydrogen-bond donors (Lipinski definition) is 1. The number of carbonyl (C=O) groups excluding carboxylic acids is 1. The summed E-state index contributed by atoms with van der Waals surface area (Å²) in [6.45, 7) is 5.75. The van der Waals surface area contributed by atoms with E-state index >= 15 is 0 Å². The number of aliphatic hydroxyl groups excluding tert-OH is 1. The molecule has 2 aliphatic rings. The molecule has 0 spiro atoms.